The third-order valence-electron chi connectivity index (χ3n) is 6.98. The highest BCUT2D eigenvalue weighted by molar-refractivity contribution is 6.16. The standard InChI is InChI=1S/C24H22N6O/c1-3-10-30-20-8-6-5-7-17(20)24(22(30)31)18(12-25)21(28)23(14-26,15-27)16-9-11-29(4-2)13-19(16)24/h3,5-9,18-19,28H,1,4,10-11,13H2,2H3. The number of carbonyl (C=O) groups is 1. The van der Waals surface area contributed by atoms with Gasteiger partial charge in [-0.15, -0.1) is 6.58 Å². The van der Waals surface area contributed by atoms with Gasteiger partial charge >= 0.3 is 0 Å². The molecular weight excluding hydrogens is 388 g/mol. The van der Waals surface area contributed by atoms with E-state index in [1.165, 1.54) is 0 Å². The summed E-state index contributed by atoms with van der Waals surface area (Å²) in [5.41, 5.74) is -1.66. The Morgan fingerprint density at radius 3 is 2.61 bits per heavy atom. The topological polar surface area (TPSA) is 119 Å². The average Bonchev–Trinajstić information content (AvgIpc) is 3.04. The van der Waals surface area contributed by atoms with Gasteiger partial charge in [0, 0.05) is 31.2 Å². The summed E-state index contributed by atoms with van der Waals surface area (Å²) in [4.78, 5) is 17.8. The fourth-order valence-electron chi connectivity index (χ4n) is 5.54. The Kier molecular flexibility index (Phi) is 4.77. The van der Waals surface area contributed by atoms with Crippen LogP contribution in [-0.2, 0) is 10.2 Å². The van der Waals surface area contributed by atoms with Gasteiger partial charge in [0.1, 0.15) is 11.3 Å². The number of nitriles is 3. The molecule has 1 aromatic rings. The van der Waals surface area contributed by atoms with Gasteiger partial charge in [-0.1, -0.05) is 37.3 Å². The number of carbonyl (C=O) groups excluding carboxylic acids is 1. The summed E-state index contributed by atoms with van der Waals surface area (Å²) in [6.07, 6.45) is 3.45. The van der Waals surface area contributed by atoms with E-state index in [2.05, 4.69) is 17.5 Å². The van der Waals surface area contributed by atoms with Crippen molar-refractivity contribution in [2.45, 2.75) is 12.3 Å². The van der Waals surface area contributed by atoms with E-state index < -0.39 is 22.7 Å². The number of hydrogen-bond donors (Lipinski definition) is 1. The number of hydrogen-bond acceptors (Lipinski definition) is 6. The molecule has 0 radical (unpaired) electrons. The lowest BCUT2D eigenvalue weighted by molar-refractivity contribution is -0.126. The summed E-state index contributed by atoms with van der Waals surface area (Å²) in [6.45, 7) is 7.73. The van der Waals surface area contributed by atoms with Gasteiger partial charge in [0.15, 0.2) is 0 Å². The van der Waals surface area contributed by atoms with Crippen molar-refractivity contribution in [3.63, 3.8) is 0 Å². The van der Waals surface area contributed by atoms with E-state index in [9.17, 15) is 20.6 Å². The van der Waals surface area contributed by atoms with Gasteiger partial charge in [-0.25, -0.2) is 0 Å². The maximum Gasteiger partial charge on any atom is 0.240 e. The van der Waals surface area contributed by atoms with Crippen molar-refractivity contribution in [2.75, 3.05) is 31.1 Å². The van der Waals surface area contributed by atoms with Crippen LogP contribution in [0.25, 0.3) is 0 Å². The van der Waals surface area contributed by atoms with E-state index >= 15 is 0 Å². The van der Waals surface area contributed by atoms with Crippen LogP contribution in [-0.4, -0.2) is 42.7 Å². The van der Waals surface area contributed by atoms with Crippen LogP contribution in [0.5, 0.6) is 0 Å². The Hall–Kier alpha value is -3.73. The van der Waals surface area contributed by atoms with Crippen molar-refractivity contribution in [1.29, 1.82) is 21.2 Å². The second kappa shape index (κ2) is 7.20. The Bertz CT molecular complexity index is 1130. The largest absolute Gasteiger partial charge is 0.307 e. The summed E-state index contributed by atoms with van der Waals surface area (Å²) < 4.78 is 0. The molecule has 1 fully saturated rings. The lowest BCUT2D eigenvalue weighted by Gasteiger charge is -2.52. The fraction of sp³-hybridized carbons (Fsp3) is 0.375. The lowest BCUT2D eigenvalue weighted by Crippen LogP contribution is -2.64. The van der Waals surface area contributed by atoms with Gasteiger partial charge in [0.25, 0.3) is 0 Å². The molecular formula is C24H22N6O. The van der Waals surface area contributed by atoms with Gasteiger partial charge < -0.3 is 10.3 Å². The van der Waals surface area contributed by atoms with Gasteiger partial charge in [0.05, 0.1) is 23.9 Å². The zero-order chi connectivity index (χ0) is 22.4. The molecule has 0 saturated heterocycles. The molecule has 0 bridgehead atoms. The molecule has 2 aliphatic heterocycles. The summed E-state index contributed by atoms with van der Waals surface area (Å²) in [5, 5.41) is 39.2. The quantitative estimate of drug-likeness (QED) is 0.768. The molecule has 3 unspecified atom stereocenters. The van der Waals surface area contributed by atoms with Crippen LogP contribution in [0.2, 0.25) is 0 Å². The minimum atomic E-state index is -1.84. The first kappa shape index (κ1) is 20.5. The van der Waals surface area contributed by atoms with E-state index in [1.54, 1.807) is 11.0 Å². The zero-order valence-corrected chi connectivity index (χ0v) is 17.3. The van der Waals surface area contributed by atoms with Crippen LogP contribution >= 0.6 is 0 Å². The third kappa shape index (κ3) is 2.34. The molecule has 154 valence electrons. The highest BCUT2D eigenvalue weighted by atomic mass is 16.2. The van der Waals surface area contributed by atoms with Crippen molar-refractivity contribution >= 4 is 17.3 Å². The molecule has 2 heterocycles. The van der Waals surface area contributed by atoms with Crippen molar-refractivity contribution in [3.8, 4) is 18.2 Å². The summed E-state index contributed by atoms with van der Waals surface area (Å²) in [5.74, 6) is -2.07. The number of fused-ring (bicyclic) bond motifs is 4. The summed E-state index contributed by atoms with van der Waals surface area (Å²) >= 11 is 0. The Morgan fingerprint density at radius 1 is 1.29 bits per heavy atom. The maximum atomic E-state index is 14.1. The van der Waals surface area contributed by atoms with Gasteiger partial charge in [-0.3, -0.25) is 9.69 Å². The molecule has 1 N–H and O–H groups in total. The monoisotopic (exact) mass is 410 g/mol. The van der Waals surface area contributed by atoms with Crippen LogP contribution in [0.15, 0.2) is 48.6 Å². The van der Waals surface area contributed by atoms with Crippen LogP contribution in [0.4, 0.5) is 5.69 Å². The molecule has 1 amide bonds. The number of anilines is 1. The predicted molar refractivity (Wildman–Crippen MR) is 115 cm³/mol. The first-order valence-electron chi connectivity index (χ1n) is 10.2. The van der Waals surface area contributed by atoms with Crippen LogP contribution in [0.1, 0.15) is 12.5 Å². The molecule has 0 aromatic heterocycles. The maximum absolute atomic E-state index is 14.1. The summed E-state index contributed by atoms with van der Waals surface area (Å²) in [6, 6.07) is 13.6. The number of nitrogens with zero attached hydrogens (tertiary/aromatic N) is 5. The first-order valence-corrected chi connectivity index (χ1v) is 10.2. The minimum Gasteiger partial charge on any atom is -0.307 e. The molecule has 3 aliphatic rings. The Balaban J connectivity index is 2.09. The molecule has 1 aliphatic carbocycles. The predicted octanol–water partition coefficient (Wildman–Crippen LogP) is 2.54. The number of benzene rings is 1. The summed E-state index contributed by atoms with van der Waals surface area (Å²) in [7, 11) is 0. The smallest absolute Gasteiger partial charge is 0.240 e. The van der Waals surface area contributed by atoms with E-state index in [0.717, 1.165) is 6.54 Å². The lowest BCUT2D eigenvalue weighted by atomic mass is 9.48. The number of para-hydroxylation sites is 1. The second-order valence-electron chi connectivity index (χ2n) is 8.10. The van der Waals surface area contributed by atoms with Gasteiger partial charge in [-0.2, -0.15) is 15.8 Å². The average molecular weight is 410 g/mol. The van der Waals surface area contributed by atoms with Crippen LogP contribution in [0.3, 0.4) is 0 Å². The first-order chi connectivity index (χ1) is 15.0. The van der Waals surface area contributed by atoms with Crippen molar-refractivity contribution in [1.82, 2.24) is 4.90 Å². The number of amides is 1. The molecule has 7 heteroatoms. The molecule has 7 nitrogen and oxygen atoms in total. The normalized spacial score (nSPS) is 28.7. The van der Waals surface area contributed by atoms with E-state index in [-0.39, 0.29) is 18.2 Å². The Labute approximate surface area is 181 Å². The van der Waals surface area contributed by atoms with Gasteiger partial charge in [0.2, 0.25) is 11.3 Å². The van der Waals surface area contributed by atoms with Crippen molar-refractivity contribution < 1.29 is 4.79 Å². The molecule has 3 atom stereocenters. The molecule has 1 spiro atoms. The van der Waals surface area contributed by atoms with Crippen LogP contribution < -0.4 is 4.90 Å². The molecule has 4 rings (SSSR count). The molecule has 1 aromatic carbocycles. The molecule has 1 saturated carbocycles. The van der Waals surface area contributed by atoms with Gasteiger partial charge in [-0.05, 0) is 23.7 Å². The fourth-order valence-corrected chi connectivity index (χ4v) is 5.54. The SMILES string of the molecule is C=CCN1C(=O)C2(c3ccccc31)C(C#N)C(=N)C(C#N)(C#N)C1=CCN(CC)CC12. The second-order valence-corrected chi connectivity index (χ2v) is 8.10. The van der Waals surface area contributed by atoms with E-state index in [1.807, 2.05) is 49.4 Å². The third-order valence-corrected chi connectivity index (χ3v) is 6.98. The van der Waals surface area contributed by atoms with Crippen molar-refractivity contribution in [2.24, 2.45) is 17.3 Å². The van der Waals surface area contributed by atoms with E-state index in [4.69, 9.17) is 5.41 Å². The Morgan fingerprint density at radius 2 is 2.00 bits per heavy atom. The number of rotatable bonds is 3. The minimum absolute atomic E-state index is 0.272. The molecule has 31 heavy (non-hydrogen) atoms. The van der Waals surface area contributed by atoms with Crippen LogP contribution in [0, 0.1) is 56.7 Å². The number of nitrogens with one attached hydrogen (secondary N) is 1. The zero-order valence-electron chi connectivity index (χ0n) is 17.3. The van der Waals surface area contributed by atoms with Crippen molar-refractivity contribution in [3.05, 3.63) is 54.1 Å². The van der Waals surface area contributed by atoms with E-state index in [0.29, 0.717) is 29.9 Å². The highest BCUT2D eigenvalue weighted by Crippen LogP contribution is 2.60. The number of likely N-dealkylation sites (N-methyl/N-ethyl adjacent to an activating group) is 1. The highest BCUT2D eigenvalue weighted by Gasteiger charge is 2.70.